The van der Waals surface area contributed by atoms with Gasteiger partial charge in [-0.3, -0.25) is 4.57 Å². The molecule has 2 aromatic heterocycles. The maximum Gasteiger partial charge on any atom is 0.348 e. The number of ether oxygens (including phenoxy) is 2. The van der Waals surface area contributed by atoms with Gasteiger partial charge in [0.2, 0.25) is 5.28 Å². The summed E-state index contributed by atoms with van der Waals surface area (Å²) in [6.07, 6.45) is 0.663. The number of carbonyl (C=O) groups is 2. The van der Waals surface area contributed by atoms with Crippen molar-refractivity contribution in [1.29, 1.82) is 0 Å². The minimum absolute atomic E-state index is 0.0266. The molecule has 1 aliphatic heterocycles. The van der Waals surface area contributed by atoms with E-state index in [4.69, 9.17) is 26.8 Å². The molecule has 33 heavy (non-hydrogen) atoms. The van der Waals surface area contributed by atoms with Crippen LogP contribution in [-0.2, 0) is 25.5 Å². The van der Waals surface area contributed by atoms with Crippen LogP contribution in [0.15, 0.2) is 36.7 Å². The molecule has 4 rings (SSSR count). The molecular formula is C21H22ClN5O6. The number of carboxylic acids is 2. The minimum atomic E-state index is -2.45. The average molecular weight is 476 g/mol. The van der Waals surface area contributed by atoms with Crippen LogP contribution >= 0.6 is 11.6 Å². The number of halogens is 1. The number of aromatic nitrogens is 4. The standard InChI is InChI=1S/C21H22ClN5O6/c1-11-7-14(27-10-24-15-16(23)25-20(22)26-17(15)27)33-13(11)9-32-21(18(28)29,19(30)31)8-12-5-3-2-4-6-12/h2-6,10-11,13-14H,7-9H2,1H3,(H,28,29)(H,30,31)(H2,23,25,26)/t11-,13+,14+/m0/s1. The SMILES string of the molecule is C[C@H]1C[C@H](n2cnc3c(N)nc(Cl)nc32)O[C@@H]1COC(Cc1ccccc1)(C(=O)O)C(=O)O. The van der Waals surface area contributed by atoms with Crippen LogP contribution in [0.5, 0.6) is 0 Å². The zero-order valence-corrected chi connectivity index (χ0v) is 18.3. The number of benzene rings is 1. The number of carboxylic acid groups (broad SMARTS) is 2. The van der Waals surface area contributed by atoms with Gasteiger partial charge in [0, 0.05) is 6.42 Å². The van der Waals surface area contributed by atoms with Crippen LogP contribution in [0.1, 0.15) is 25.1 Å². The van der Waals surface area contributed by atoms with E-state index in [9.17, 15) is 19.8 Å². The number of nitrogen functional groups attached to an aromatic ring is 1. The number of aliphatic carboxylic acids is 2. The molecule has 1 aliphatic rings. The number of rotatable bonds is 8. The largest absolute Gasteiger partial charge is 0.479 e. The van der Waals surface area contributed by atoms with E-state index < -0.39 is 29.9 Å². The van der Waals surface area contributed by atoms with Gasteiger partial charge in [0.15, 0.2) is 11.5 Å². The molecule has 3 heterocycles. The minimum Gasteiger partial charge on any atom is -0.479 e. The van der Waals surface area contributed by atoms with Crippen LogP contribution in [0.4, 0.5) is 5.82 Å². The number of imidazole rings is 1. The molecule has 12 heteroatoms. The Morgan fingerprint density at radius 1 is 1.27 bits per heavy atom. The third-order valence-corrected chi connectivity index (χ3v) is 5.92. The van der Waals surface area contributed by atoms with Crippen molar-refractivity contribution in [2.45, 2.75) is 37.7 Å². The van der Waals surface area contributed by atoms with Crippen LogP contribution in [-0.4, -0.2) is 60.0 Å². The van der Waals surface area contributed by atoms with E-state index in [-0.39, 0.29) is 30.0 Å². The summed E-state index contributed by atoms with van der Waals surface area (Å²) in [4.78, 5) is 36.3. The fraction of sp³-hybridized carbons (Fsp3) is 0.381. The molecule has 0 unspecified atom stereocenters. The molecule has 11 nitrogen and oxygen atoms in total. The molecule has 0 amide bonds. The lowest BCUT2D eigenvalue weighted by Crippen LogP contribution is -2.52. The summed E-state index contributed by atoms with van der Waals surface area (Å²) in [6.45, 7) is 1.68. The lowest BCUT2D eigenvalue weighted by molar-refractivity contribution is -0.189. The first kappa shape index (κ1) is 22.9. The van der Waals surface area contributed by atoms with Gasteiger partial charge in [-0.05, 0) is 29.5 Å². The summed E-state index contributed by atoms with van der Waals surface area (Å²) >= 11 is 5.93. The molecule has 1 fully saturated rings. The van der Waals surface area contributed by atoms with Gasteiger partial charge >= 0.3 is 11.9 Å². The normalized spacial score (nSPS) is 20.8. The Bertz CT molecular complexity index is 1170. The monoisotopic (exact) mass is 475 g/mol. The molecule has 0 saturated carbocycles. The maximum absolute atomic E-state index is 12.0. The van der Waals surface area contributed by atoms with Gasteiger partial charge in [0.25, 0.3) is 5.60 Å². The van der Waals surface area contributed by atoms with E-state index in [1.807, 2.05) is 6.92 Å². The Kier molecular flexibility index (Phi) is 6.19. The van der Waals surface area contributed by atoms with Crippen molar-refractivity contribution in [3.8, 4) is 0 Å². The second-order valence-corrected chi connectivity index (χ2v) is 8.29. The zero-order valence-electron chi connectivity index (χ0n) is 17.6. The number of nitrogens with zero attached hydrogens (tertiary/aromatic N) is 4. The molecule has 4 N–H and O–H groups in total. The Hall–Kier alpha value is -3.28. The highest BCUT2D eigenvalue weighted by molar-refractivity contribution is 6.28. The average Bonchev–Trinajstić information content (AvgIpc) is 3.34. The van der Waals surface area contributed by atoms with Crippen molar-refractivity contribution >= 4 is 40.5 Å². The number of nitrogens with two attached hydrogens (primary N) is 1. The van der Waals surface area contributed by atoms with Crippen molar-refractivity contribution in [2.24, 2.45) is 5.92 Å². The quantitative estimate of drug-likeness (QED) is 0.325. The molecule has 0 radical (unpaired) electrons. The molecule has 3 atom stereocenters. The van der Waals surface area contributed by atoms with Crippen LogP contribution in [0.2, 0.25) is 5.28 Å². The Morgan fingerprint density at radius 3 is 2.64 bits per heavy atom. The van der Waals surface area contributed by atoms with Crippen molar-refractivity contribution in [3.05, 3.63) is 47.5 Å². The highest BCUT2D eigenvalue weighted by atomic mass is 35.5. The van der Waals surface area contributed by atoms with Crippen LogP contribution in [0.25, 0.3) is 11.2 Å². The second-order valence-electron chi connectivity index (χ2n) is 7.95. The number of hydrogen-bond acceptors (Lipinski definition) is 8. The summed E-state index contributed by atoms with van der Waals surface area (Å²) in [6, 6.07) is 8.46. The fourth-order valence-electron chi connectivity index (χ4n) is 3.89. The molecule has 174 valence electrons. The van der Waals surface area contributed by atoms with Gasteiger partial charge in [0.1, 0.15) is 11.7 Å². The van der Waals surface area contributed by atoms with E-state index in [1.54, 1.807) is 34.9 Å². The van der Waals surface area contributed by atoms with Gasteiger partial charge in [-0.1, -0.05) is 37.3 Å². The van der Waals surface area contributed by atoms with E-state index in [0.717, 1.165) is 0 Å². The van der Waals surface area contributed by atoms with Gasteiger partial charge in [-0.25, -0.2) is 14.6 Å². The molecular weight excluding hydrogens is 454 g/mol. The van der Waals surface area contributed by atoms with E-state index in [1.165, 1.54) is 6.33 Å². The Labute approximate surface area is 193 Å². The van der Waals surface area contributed by atoms with Crippen LogP contribution < -0.4 is 5.73 Å². The Balaban J connectivity index is 1.53. The molecule has 3 aromatic rings. The highest BCUT2D eigenvalue weighted by Crippen LogP contribution is 2.36. The molecule has 0 spiro atoms. The van der Waals surface area contributed by atoms with Gasteiger partial charge in [-0.2, -0.15) is 9.97 Å². The van der Waals surface area contributed by atoms with Gasteiger partial charge in [-0.15, -0.1) is 0 Å². The summed E-state index contributed by atoms with van der Waals surface area (Å²) in [5.41, 5.74) is 4.72. The summed E-state index contributed by atoms with van der Waals surface area (Å²) < 4.78 is 13.3. The maximum atomic E-state index is 12.0. The third-order valence-electron chi connectivity index (χ3n) is 5.75. The summed E-state index contributed by atoms with van der Waals surface area (Å²) in [5.74, 6) is -3.09. The highest BCUT2D eigenvalue weighted by Gasteiger charge is 2.49. The lowest BCUT2D eigenvalue weighted by atomic mass is 9.94. The van der Waals surface area contributed by atoms with Gasteiger partial charge < -0.3 is 25.4 Å². The van der Waals surface area contributed by atoms with Crippen molar-refractivity contribution < 1.29 is 29.3 Å². The first-order valence-corrected chi connectivity index (χ1v) is 10.5. The molecule has 0 bridgehead atoms. The molecule has 1 aromatic carbocycles. The summed E-state index contributed by atoms with van der Waals surface area (Å²) in [7, 11) is 0. The van der Waals surface area contributed by atoms with Gasteiger partial charge in [0.05, 0.1) is 19.0 Å². The number of hydrogen-bond donors (Lipinski definition) is 3. The van der Waals surface area contributed by atoms with Crippen LogP contribution in [0.3, 0.4) is 0 Å². The smallest absolute Gasteiger partial charge is 0.348 e. The third kappa shape index (κ3) is 4.34. The summed E-state index contributed by atoms with van der Waals surface area (Å²) in [5, 5.41) is 19.5. The van der Waals surface area contributed by atoms with Crippen LogP contribution in [0, 0.1) is 5.92 Å². The molecule has 0 aliphatic carbocycles. The Morgan fingerprint density at radius 2 is 1.97 bits per heavy atom. The van der Waals surface area contributed by atoms with E-state index in [2.05, 4.69) is 15.0 Å². The van der Waals surface area contributed by atoms with Crippen molar-refractivity contribution in [2.75, 3.05) is 12.3 Å². The second kappa shape index (κ2) is 8.93. The lowest BCUT2D eigenvalue weighted by Gasteiger charge is -2.27. The predicted octanol–water partition coefficient (Wildman–Crippen LogP) is 2.15. The van der Waals surface area contributed by atoms with E-state index >= 15 is 0 Å². The molecule has 1 saturated heterocycles. The topological polar surface area (TPSA) is 163 Å². The predicted molar refractivity (Wildman–Crippen MR) is 117 cm³/mol. The fourth-order valence-corrected chi connectivity index (χ4v) is 4.06. The first-order valence-electron chi connectivity index (χ1n) is 10.2. The van der Waals surface area contributed by atoms with E-state index in [0.29, 0.717) is 23.1 Å². The zero-order chi connectivity index (χ0) is 23.8. The number of anilines is 1. The van der Waals surface area contributed by atoms with Crippen molar-refractivity contribution in [1.82, 2.24) is 19.5 Å². The first-order chi connectivity index (χ1) is 15.7. The van der Waals surface area contributed by atoms with Crippen molar-refractivity contribution in [3.63, 3.8) is 0 Å². The number of fused-ring (bicyclic) bond motifs is 1.